The van der Waals surface area contributed by atoms with Crippen molar-refractivity contribution in [1.29, 1.82) is 5.26 Å². The Kier molecular flexibility index (Phi) is 10.2. The number of carbonyl (C=O) groups excluding carboxylic acids is 2. The number of likely N-dealkylation sites (N-methyl/N-ethyl adjacent to an activating group) is 1. The van der Waals surface area contributed by atoms with Crippen LogP contribution in [0, 0.1) is 11.3 Å². The lowest BCUT2D eigenvalue weighted by Gasteiger charge is -2.26. The summed E-state index contributed by atoms with van der Waals surface area (Å²) in [6, 6.07) is 14.3. The van der Waals surface area contributed by atoms with E-state index in [1.807, 2.05) is 25.2 Å². The van der Waals surface area contributed by atoms with Crippen molar-refractivity contribution in [2.75, 3.05) is 34.4 Å². The molecule has 0 spiro atoms. The van der Waals surface area contributed by atoms with Gasteiger partial charge in [-0.05, 0) is 67.2 Å². The standard InChI is InChI=1S/C26H32N2O6/c1-28(13-10-19-6-4-7-20(14-19)24(31)33-2)12-5-11-26(18-27,25(32)34-3)23-9-8-21(16-29)22(15-23)17-30/h4,6-9,14-15,29-30H,5,10-13,16-17H2,1-3H3. The van der Waals surface area contributed by atoms with Gasteiger partial charge >= 0.3 is 11.9 Å². The molecular weight excluding hydrogens is 436 g/mol. The first-order chi connectivity index (χ1) is 16.3. The molecule has 2 aromatic carbocycles. The van der Waals surface area contributed by atoms with Crippen LogP contribution < -0.4 is 0 Å². The van der Waals surface area contributed by atoms with Crippen LogP contribution in [-0.4, -0.2) is 61.4 Å². The van der Waals surface area contributed by atoms with Crippen LogP contribution in [0.4, 0.5) is 0 Å². The molecule has 0 bridgehead atoms. The summed E-state index contributed by atoms with van der Waals surface area (Å²) in [7, 11) is 4.55. The fourth-order valence-electron chi connectivity index (χ4n) is 3.91. The Morgan fingerprint density at radius 3 is 2.38 bits per heavy atom. The Morgan fingerprint density at radius 2 is 1.76 bits per heavy atom. The summed E-state index contributed by atoms with van der Waals surface area (Å²) in [6.07, 6.45) is 1.52. The SMILES string of the molecule is COC(=O)c1cccc(CCN(C)CCCC(C#N)(C(=O)OC)c2ccc(CO)c(CO)c2)c1. The van der Waals surface area contributed by atoms with Gasteiger partial charge in [0.2, 0.25) is 0 Å². The molecule has 8 nitrogen and oxygen atoms in total. The van der Waals surface area contributed by atoms with Crippen LogP contribution in [0.3, 0.4) is 0 Å². The number of carbonyl (C=O) groups is 2. The van der Waals surface area contributed by atoms with E-state index in [0.717, 1.165) is 18.5 Å². The molecule has 1 atom stereocenters. The predicted octanol–water partition coefficient (Wildman–Crippen LogP) is 2.35. The van der Waals surface area contributed by atoms with Crippen molar-refractivity contribution in [3.05, 3.63) is 70.3 Å². The topological polar surface area (TPSA) is 120 Å². The molecule has 8 heteroatoms. The van der Waals surface area contributed by atoms with Crippen LogP contribution in [0.15, 0.2) is 42.5 Å². The molecule has 2 aromatic rings. The highest BCUT2D eigenvalue weighted by Crippen LogP contribution is 2.32. The van der Waals surface area contributed by atoms with Crippen molar-refractivity contribution in [1.82, 2.24) is 4.90 Å². The number of nitrogens with zero attached hydrogens (tertiary/aromatic N) is 2. The fourth-order valence-corrected chi connectivity index (χ4v) is 3.91. The third kappa shape index (κ3) is 6.41. The van der Waals surface area contributed by atoms with Gasteiger partial charge < -0.3 is 24.6 Å². The van der Waals surface area contributed by atoms with Gasteiger partial charge in [-0.2, -0.15) is 5.26 Å². The Hall–Kier alpha value is -3.25. The van der Waals surface area contributed by atoms with E-state index >= 15 is 0 Å². The number of esters is 2. The predicted molar refractivity (Wildman–Crippen MR) is 126 cm³/mol. The van der Waals surface area contributed by atoms with Crippen LogP contribution in [0.25, 0.3) is 0 Å². The average molecular weight is 469 g/mol. The first-order valence-corrected chi connectivity index (χ1v) is 11.0. The molecule has 0 saturated heterocycles. The second kappa shape index (κ2) is 12.8. The van der Waals surface area contributed by atoms with Crippen LogP contribution in [0.1, 0.15) is 45.5 Å². The Balaban J connectivity index is 2.07. The largest absolute Gasteiger partial charge is 0.468 e. The van der Waals surface area contributed by atoms with E-state index in [9.17, 15) is 25.1 Å². The maximum Gasteiger partial charge on any atom is 0.337 e. The lowest BCUT2D eigenvalue weighted by molar-refractivity contribution is -0.145. The first-order valence-electron chi connectivity index (χ1n) is 11.0. The van der Waals surface area contributed by atoms with E-state index < -0.39 is 11.4 Å². The molecule has 0 aliphatic rings. The van der Waals surface area contributed by atoms with Gasteiger partial charge in [-0.15, -0.1) is 0 Å². The number of ether oxygens (including phenoxy) is 2. The molecule has 0 aliphatic heterocycles. The van der Waals surface area contributed by atoms with Gasteiger partial charge in [-0.1, -0.05) is 30.3 Å². The van der Waals surface area contributed by atoms with Gasteiger partial charge in [-0.25, -0.2) is 9.59 Å². The second-order valence-electron chi connectivity index (χ2n) is 8.16. The summed E-state index contributed by atoms with van der Waals surface area (Å²) >= 11 is 0. The third-order valence-corrected chi connectivity index (χ3v) is 5.99. The van der Waals surface area contributed by atoms with Crippen LogP contribution >= 0.6 is 0 Å². The fraction of sp³-hybridized carbons (Fsp3) is 0.423. The highest BCUT2D eigenvalue weighted by molar-refractivity contribution is 5.89. The van der Waals surface area contributed by atoms with Crippen molar-refractivity contribution in [2.24, 2.45) is 0 Å². The van der Waals surface area contributed by atoms with Crippen molar-refractivity contribution in [3.63, 3.8) is 0 Å². The lowest BCUT2D eigenvalue weighted by Crippen LogP contribution is -2.37. The van der Waals surface area contributed by atoms with Gasteiger partial charge in [0.05, 0.1) is 39.1 Å². The first kappa shape index (κ1) is 27.0. The van der Waals surface area contributed by atoms with E-state index in [-0.39, 0.29) is 25.6 Å². The number of aliphatic hydroxyl groups is 2. The number of nitriles is 1. The highest BCUT2D eigenvalue weighted by Gasteiger charge is 2.42. The maximum atomic E-state index is 12.7. The molecule has 0 aromatic heterocycles. The minimum Gasteiger partial charge on any atom is -0.468 e. The monoisotopic (exact) mass is 468 g/mol. The molecule has 0 saturated carbocycles. The molecule has 2 N–H and O–H groups in total. The number of aliphatic hydroxyl groups excluding tert-OH is 2. The second-order valence-corrected chi connectivity index (χ2v) is 8.16. The summed E-state index contributed by atoms with van der Waals surface area (Å²) in [4.78, 5) is 26.5. The average Bonchev–Trinajstić information content (AvgIpc) is 2.88. The maximum absolute atomic E-state index is 12.7. The molecule has 182 valence electrons. The molecule has 34 heavy (non-hydrogen) atoms. The molecule has 0 fully saturated rings. The number of hydrogen-bond acceptors (Lipinski definition) is 8. The summed E-state index contributed by atoms with van der Waals surface area (Å²) in [5.41, 5.74) is 1.45. The molecule has 0 aliphatic carbocycles. The summed E-state index contributed by atoms with van der Waals surface area (Å²) in [5.74, 6) is -1.03. The molecule has 0 heterocycles. The van der Waals surface area contributed by atoms with Gasteiger partial charge in [-0.3, -0.25) is 0 Å². The zero-order chi connectivity index (χ0) is 25.1. The summed E-state index contributed by atoms with van der Waals surface area (Å²) < 4.78 is 9.73. The Bertz CT molecular complexity index is 1030. The van der Waals surface area contributed by atoms with Crippen molar-refractivity contribution >= 4 is 11.9 Å². The van der Waals surface area contributed by atoms with E-state index in [4.69, 9.17) is 9.47 Å². The van der Waals surface area contributed by atoms with Gasteiger partial charge in [0.15, 0.2) is 5.41 Å². The smallest absolute Gasteiger partial charge is 0.337 e. The molecule has 0 radical (unpaired) electrons. The number of benzene rings is 2. The summed E-state index contributed by atoms with van der Waals surface area (Å²) in [6.45, 7) is 0.800. The number of hydrogen-bond donors (Lipinski definition) is 2. The van der Waals surface area contributed by atoms with Crippen LogP contribution in [0.2, 0.25) is 0 Å². The minimum absolute atomic E-state index is 0.238. The van der Waals surface area contributed by atoms with Crippen LogP contribution in [0.5, 0.6) is 0 Å². The normalized spacial score (nSPS) is 12.6. The zero-order valence-electron chi connectivity index (χ0n) is 19.9. The van der Waals surface area contributed by atoms with Crippen LogP contribution in [-0.2, 0) is 39.3 Å². The number of rotatable bonds is 12. The van der Waals surface area contributed by atoms with Crippen molar-refractivity contribution in [2.45, 2.75) is 37.9 Å². The third-order valence-electron chi connectivity index (χ3n) is 5.99. The molecule has 0 amide bonds. The number of methoxy groups -OCH3 is 2. The van der Waals surface area contributed by atoms with E-state index in [1.54, 1.807) is 24.3 Å². The lowest BCUT2D eigenvalue weighted by atomic mass is 9.77. The molecular formula is C26H32N2O6. The zero-order valence-corrected chi connectivity index (χ0v) is 19.9. The minimum atomic E-state index is -1.51. The van der Waals surface area contributed by atoms with E-state index in [1.165, 1.54) is 14.2 Å². The quantitative estimate of drug-likeness (QED) is 0.456. The Morgan fingerprint density at radius 1 is 1.03 bits per heavy atom. The van der Waals surface area contributed by atoms with Gasteiger partial charge in [0.25, 0.3) is 0 Å². The van der Waals surface area contributed by atoms with Gasteiger partial charge in [0, 0.05) is 6.54 Å². The Labute approximate surface area is 200 Å². The molecule has 1 unspecified atom stereocenters. The molecule has 2 rings (SSSR count). The van der Waals surface area contributed by atoms with E-state index in [0.29, 0.717) is 35.2 Å². The summed E-state index contributed by atoms with van der Waals surface area (Å²) in [5, 5.41) is 29.1. The van der Waals surface area contributed by atoms with Gasteiger partial charge in [0.1, 0.15) is 0 Å². The van der Waals surface area contributed by atoms with Crippen molar-refractivity contribution < 1.29 is 29.3 Å². The van der Waals surface area contributed by atoms with Crippen molar-refractivity contribution in [3.8, 4) is 6.07 Å². The highest BCUT2D eigenvalue weighted by atomic mass is 16.5. The van der Waals surface area contributed by atoms with E-state index in [2.05, 4.69) is 11.0 Å².